The number of aliphatic carboxylic acids is 1. The molecule has 7 nitrogen and oxygen atoms in total. The predicted octanol–water partition coefficient (Wildman–Crippen LogP) is 7.00. The van der Waals surface area contributed by atoms with E-state index in [-0.39, 0.29) is 17.2 Å². The summed E-state index contributed by atoms with van der Waals surface area (Å²) in [5.74, 6) is -0.464. The van der Waals surface area contributed by atoms with Gasteiger partial charge in [-0.1, -0.05) is 34.8 Å². The predicted molar refractivity (Wildman–Crippen MR) is 140 cm³/mol. The minimum absolute atomic E-state index is 0.106. The molecule has 10 heteroatoms. The summed E-state index contributed by atoms with van der Waals surface area (Å²) in [5.41, 5.74) is 2.37. The van der Waals surface area contributed by atoms with Gasteiger partial charge in [-0.25, -0.2) is 4.68 Å². The molecule has 2 heterocycles. The Morgan fingerprint density at radius 3 is 2.51 bits per heavy atom. The van der Waals surface area contributed by atoms with Crippen LogP contribution in [0.2, 0.25) is 15.1 Å². The number of fused-ring (bicyclic) bond motifs is 1. The molecule has 0 spiro atoms. The number of Topliss-reactive ketones (excluding diaryl/α,β-unsaturated/α-hetero) is 1. The van der Waals surface area contributed by atoms with E-state index in [1.165, 1.54) is 0 Å². The summed E-state index contributed by atoms with van der Waals surface area (Å²) in [6.07, 6.45) is 2.25. The third kappa shape index (κ3) is 5.44. The molecular formula is C27H19Cl3N2O5. The summed E-state index contributed by atoms with van der Waals surface area (Å²) in [5, 5.41) is 15.0. The monoisotopic (exact) mass is 556 g/mol. The highest BCUT2D eigenvalue weighted by Crippen LogP contribution is 2.41. The molecule has 1 aliphatic rings. The van der Waals surface area contributed by atoms with Crippen LogP contribution in [0.4, 0.5) is 0 Å². The topological polar surface area (TPSA) is 90.7 Å². The van der Waals surface area contributed by atoms with E-state index in [9.17, 15) is 14.7 Å². The molecule has 0 aliphatic carbocycles. The molecule has 1 atom stereocenters. The van der Waals surface area contributed by atoms with Crippen LogP contribution in [0.5, 0.6) is 17.2 Å². The van der Waals surface area contributed by atoms with Gasteiger partial charge in [0.1, 0.15) is 17.2 Å². The van der Waals surface area contributed by atoms with E-state index in [2.05, 4.69) is 5.10 Å². The van der Waals surface area contributed by atoms with Crippen LogP contribution in [0.15, 0.2) is 66.9 Å². The third-order valence-electron chi connectivity index (χ3n) is 5.96. The van der Waals surface area contributed by atoms with E-state index in [1.807, 2.05) is 0 Å². The first kappa shape index (κ1) is 25.1. The molecule has 5 rings (SSSR count). The molecule has 0 fully saturated rings. The fraction of sp³-hybridized carbons (Fsp3) is 0.148. The molecule has 0 saturated carbocycles. The van der Waals surface area contributed by atoms with Crippen molar-refractivity contribution in [1.29, 1.82) is 0 Å². The third-order valence-corrected chi connectivity index (χ3v) is 6.99. The zero-order valence-electron chi connectivity index (χ0n) is 19.2. The van der Waals surface area contributed by atoms with Gasteiger partial charge in [-0.2, -0.15) is 5.10 Å². The van der Waals surface area contributed by atoms with Gasteiger partial charge in [0.25, 0.3) is 0 Å². The van der Waals surface area contributed by atoms with Crippen LogP contribution in [0, 0.1) is 0 Å². The number of ketones is 1. The van der Waals surface area contributed by atoms with Crippen molar-refractivity contribution in [1.82, 2.24) is 9.78 Å². The number of benzene rings is 3. The van der Waals surface area contributed by atoms with Gasteiger partial charge in [0.2, 0.25) is 0 Å². The molecule has 1 N–H and O–H groups in total. The second-order valence-corrected chi connectivity index (χ2v) is 9.65. The van der Waals surface area contributed by atoms with Gasteiger partial charge in [0.15, 0.2) is 5.78 Å². The van der Waals surface area contributed by atoms with Crippen molar-refractivity contribution in [3.8, 4) is 22.9 Å². The lowest BCUT2D eigenvalue weighted by molar-refractivity contribution is -0.139. The SMILES string of the molecule is O=C(Cc1ccn(-c2ccc(Cl)c(Cl)c2)n1)c1ccc(Oc2cc3c(cc2Cl)C(C(=O)O)CCO3)cc1. The molecule has 1 aromatic heterocycles. The molecule has 3 aromatic carbocycles. The summed E-state index contributed by atoms with van der Waals surface area (Å²) < 4.78 is 13.1. The van der Waals surface area contributed by atoms with Crippen molar-refractivity contribution in [2.24, 2.45) is 0 Å². The van der Waals surface area contributed by atoms with E-state index in [4.69, 9.17) is 44.3 Å². The summed E-state index contributed by atoms with van der Waals surface area (Å²) >= 11 is 18.4. The largest absolute Gasteiger partial charge is 0.493 e. The van der Waals surface area contributed by atoms with Gasteiger partial charge in [-0.3, -0.25) is 9.59 Å². The van der Waals surface area contributed by atoms with E-state index in [1.54, 1.807) is 71.5 Å². The highest BCUT2D eigenvalue weighted by atomic mass is 35.5. The van der Waals surface area contributed by atoms with Crippen LogP contribution < -0.4 is 9.47 Å². The van der Waals surface area contributed by atoms with Crippen LogP contribution in [0.1, 0.15) is 34.0 Å². The lowest BCUT2D eigenvalue weighted by Crippen LogP contribution is -2.20. The molecule has 1 aliphatic heterocycles. The number of ether oxygens (including phenoxy) is 2. The molecule has 188 valence electrons. The highest BCUT2D eigenvalue weighted by molar-refractivity contribution is 6.42. The number of halogens is 3. The normalized spacial score (nSPS) is 14.5. The molecule has 1 unspecified atom stereocenters. The Balaban J connectivity index is 1.26. The summed E-state index contributed by atoms with van der Waals surface area (Å²) in [6, 6.07) is 16.8. The van der Waals surface area contributed by atoms with Gasteiger partial charge in [-0.15, -0.1) is 0 Å². The van der Waals surface area contributed by atoms with Crippen molar-refractivity contribution in [2.45, 2.75) is 18.8 Å². The Labute approximate surface area is 227 Å². The standard InChI is InChI=1S/C27H19Cl3N2O5/c28-21-6-3-17(12-22(21)29)32-9-7-16(31-32)11-24(33)15-1-4-18(5-2-15)37-26-14-25-20(13-23(26)30)19(27(34)35)8-10-36-25/h1-7,9,12-14,19H,8,10-11H2,(H,34,35). The number of carboxylic acid groups (broad SMARTS) is 1. The van der Waals surface area contributed by atoms with Gasteiger partial charge >= 0.3 is 5.97 Å². The van der Waals surface area contributed by atoms with Gasteiger partial charge < -0.3 is 14.6 Å². The summed E-state index contributed by atoms with van der Waals surface area (Å²) in [6.45, 7) is 0.299. The molecule has 4 aromatic rings. The number of carbonyl (C=O) groups is 2. The molecule has 0 saturated heterocycles. The molecular weight excluding hydrogens is 539 g/mol. The van der Waals surface area contributed by atoms with Crippen LogP contribution in [-0.2, 0) is 11.2 Å². The number of hydrogen-bond donors (Lipinski definition) is 1. The Kier molecular flexibility index (Phi) is 7.11. The zero-order valence-corrected chi connectivity index (χ0v) is 21.4. The highest BCUT2D eigenvalue weighted by Gasteiger charge is 2.29. The fourth-order valence-corrected chi connectivity index (χ4v) is 4.56. The number of carbonyl (C=O) groups excluding carboxylic acids is 1. The number of aromatic nitrogens is 2. The van der Waals surface area contributed by atoms with E-state index >= 15 is 0 Å². The Hall–Kier alpha value is -3.52. The number of hydrogen-bond acceptors (Lipinski definition) is 5. The number of nitrogens with zero attached hydrogens (tertiary/aromatic N) is 2. The number of rotatable bonds is 7. The van der Waals surface area contributed by atoms with Gasteiger partial charge in [0, 0.05) is 23.4 Å². The Bertz CT molecular complexity index is 1500. The second kappa shape index (κ2) is 10.5. The first-order chi connectivity index (χ1) is 17.8. The van der Waals surface area contributed by atoms with Crippen molar-refractivity contribution in [2.75, 3.05) is 6.61 Å². The summed E-state index contributed by atoms with van der Waals surface area (Å²) in [7, 11) is 0. The molecule has 0 amide bonds. The van der Waals surface area contributed by atoms with Crippen molar-refractivity contribution >= 4 is 46.6 Å². The van der Waals surface area contributed by atoms with Crippen molar-refractivity contribution in [3.63, 3.8) is 0 Å². The quantitative estimate of drug-likeness (QED) is 0.246. The van der Waals surface area contributed by atoms with Gasteiger partial charge in [0.05, 0.1) is 45.4 Å². The maximum atomic E-state index is 12.8. The average molecular weight is 558 g/mol. The van der Waals surface area contributed by atoms with Crippen molar-refractivity contribution in [3.05, 3.63) is 98.7 Å². The van der Waals surface area contributed by atoms with Crippen LogP contribution >= 0.6 is 34.8 Å². The minimum Gasteiger partial charge on any atom is -0.493 e. The molecule has 0 bridgehead atoms. The molecule has 0 radical (unpaired) electrons. The maximum Gasteiger partial charge on any atom is 0.311 e. The lowest BCUT2D eigenvalue weighted by atomic mass is 9.93. The van der Waals surface area contributed by atoms with Crippen molar-refractivity contribution < 1.29 is 24.2 Å². The maximum absolute atomic E-state index is 12.8. The van der Waals surface area contributed by atoms with E-state index < -0.39 is 11.9 Å². The Morgan fingerprint density at radius 2 is 1.78 bits per heavy atom. The van der Waals surface area contributed by atoms with Crippen LogP contribution in [-0.4, -0.2) is 33.2 Å². The lowest BCUT2D eigenvalue weighted by Gasteiger charge is -2.24. The first-order valence-corrected chi connectivity index (χ1v) is 12.4. The number of carboxylic acids is 1. The smallest absolute Gasteiger partial charge is 0.311 e. The first-order valence-electron chi connectivity index (χ1n) is 11.3. The molecule has 37 heavy (non-hydrogen) atoms. The minimum atomic E-state index is -0.921. The Morgan fingerprint density at radius 1 is 1.00 bits per heavy atom. The second-order valence-electron chi connectivity index (χ2n) is 8.42. The van der Waals surface area contributed by atoms with E-state index in [0.717, 1.165) is 5.69 Å². The average Bonchev–Trinajstić information content (AvgIpc) is 3.34. The van der Waals surface area contributed by atoms with Gasteiger partial charge in [-0.05, 0) is 61.0 Å². The fourth-order valence-electron chi connectivity index (χ4n) is 4.05. The zero-order chi connectivity index (χ0) is 26.1. The van der Waals surface area contributed by atoms with Crippen LogP contribution in [0.25, 0.3) is 5.69 Å². The van der Waals surface area contributed by atoms with Crippen LogP contribution in [0.3, 0.4) is 0 Å². The summed E-state index contributed by atoms with van der Waals surface area (Å²) in [4.78, 5) is 24.3. The van der Waals surface area contributed by atoms with E-state index in [0.29, 0.717) is 57.1 Å².